The quantitative estimate of drug-likeness (QED) is 0.399. The molecule has 3 nitrogen and oxygen atoms in total. The largest absolute Gasteiger partial charge is 0.349 e. The molecule has 0 aliphatic carbocycles. The maximum absolute atomic E-state index is 4.05. The molecule has 1 N–H and O–H groups in total. The molecule has 0 aliphatic rings. The van der Waals surface area contributed by atoms with Crippen LogP contribution in [0.2, 0.25) is 0 Å². The van der Waals surface area contributed by atoms with E-state index in [0.717, 1.165) is 5.69 Å². The average molecular weight is 135 g/mol. The van der Waals surface area contributed by atoms with Crippen molar-refractivity contribution < 1.29 is 0 Å². The van der Waals surface area contributed by atoms with Gasteiger partial charge < -0.3 is 5.32 Å². The predicted octanol–water partition coefficient (Wildman–Crippen LogP) is -0.0515. The van der Waals surface area contributed by atoms with E-state index >= 15 is 0 Å². The van der Waals surface area contributed by atoms with E-state index in [4.69, 9.17) is 0 Å². The van der Waals surface area contributed by atoms with Crippen LogP contribution in [0.15, 0.2) is 12.3 Å². The van der Waals surface area contributed by atoms with Crippen molar-refractivity contribution in [3.63, 3.8) is 0 Å². The van der Waals surface area contributed by atoms with Gasteiger partial charge in [0.05, 0.1) is 0 Å². The molecule has 0 amide bonds. The third-order valence-electron chi connectivity index (χ3n) is 1.03. The fourth-order valence-electron chi connectivity index (χ4n) is 0.608. The van der Waals surface area contributed by atoms with Crippen molar-refractivity contribution in [2.45, 2.75) is 0 Å². The van der Waals surface area contributed by atoms with Gasteiger partial charge >= 0.3 is 0 Å². The second-order valence-electron chi connectivity index (χ2n) is 1.87. The minimum absolute atomic E-state index is 0.789. The first-order valence-electron chi connectivity index (χ1n) is 3.00. The molecule has 52 valence electrons. The normalized spacial score (nSPS) is 8.20. The van der Waals surface area contributed by atoms with Crippen molar-refractivity contribution in [3.8, 4) is 12.0 Å². The maximum Gasteiger partial charge on any atom is 0.137 e. The van der Waals surface area contributed by atoms with Crippen LogP contribution in [0, 0.1) is 12.0 Å². The van der Waals surface area contributed by atoms with E-state index in [0.29, 0.717) is 0 Å². The van der Waals surface area contributed by atoms with Gasteiger partial charge in [-0.25, -0.2) is 0 Å². The number of hydrogen-bond acceptors (Lipinski definition) is 2. The Kier molecular flexibility index (Phi) is 1.96. The molecule has 0 saturated carbocycles. The monoisotopic (exact) mass is 135 g/mol. The first-order valence-corrected chi connectivity index (χ1v) is 3.00. The average Bonchev–Trinajstić information content (AvgIpc) is 2.31. The number of hydrogen-bond donors (Lipinski definition) is 1. The molecule has 1 aromatic rings. The summed E-state index contributed by atoms with van der Waals surface area (Å²) in [6.45, 7) is 0. The van der Waals surface area contributed by atoms with Crippen LogP contribution in [-0.4, -0.2) is 16.8 Å². The van der Waals surface area contributed by atoms with Gasteiger partial charge in [-0.1, -0.05) is 0 Å². The molecule has 3 heteroatoms. The number of aryl methyl sites for hydroxylation is 1. The number of nitrogens with one attached hydrogen (secondary N) is 1. The Labute approximate surface area is 60.0 Å². The molecular weight excluding hydrogens is 126 g/mol. The third kappa shape index (κ3) is 1.52. The van der Waals surface area contributed by atoms with E-state index < -0.39 is 0 Å². The van der Waals surface area contributed by atoms with Gasteiger partial charge in [-0.05, 0) is 12.0 Å². The van der Waals surface area contributed by atoms with Crippen molar-refractivity contribution in [2.24, 2.45) is 7.05 Å². The second kappa shape index (κ2) is 2.92. The van der Waals surface area contributed by atoms with Crippen LogP contribution in [0.25, 0.3) is 0 Å². The van der Waals surface area contributed by atoms with Gasteiger partial charge in [0.1, 0.15) is 5.69 Å². The first-order chi connectivity index (χ1) is 4.83. The lowest BCUT2D eigenvalue weighted by Crippen LogP contribution is -1.93. The first kappa shape index (κ1) is 6.69. The zero-order valence-corrected chi connectivity index (χ0v) is 6.05. The van der Waals surface area contributed by atoms with E-state index in [1.807, 2.05) is 19.3 Å². The Bertz CT molecular complexity index is 264. The van der Waals surface area contributed by atoms with Crippen LogP contribution in [0.4, 0.5) is 0 Å². The van der Waals surface area contributed by atoms with E-state index in [2.05, 4.69) is 22.4 Å². The standard InChI is InChI=1S/C7H9N3/c1-8-5-3-7-4-6-10(2)9-7/h4,6,8H,1-2H3. The molecule has 0 atom stereocenters. The van der Waals surface area contributed by atoms with Crippen LogP contribution >= 0.6 is 0 Å². The Morgan fingerprint density at radius 1 is 1.70 bits per heavy atom. The van der Waals surface area contributed by atoms with Crippen LogP contribution in [0.1, 0.15) is 5.69 Å². The summed E-state index contributed by atoms with van der Waals surface area (Å²) in [5.74, 6) is 2.82. The maximum atomic E-state index is 4.05. The van der Waals surface area contributed by atoms with Crippen LogP contribution in [0.5, 0.6) is 0 Å². The molecule has 0 aromatic carbocycles. The Balaban J connectivity index is 2.76. The second-order valence-corrected chi connectivity index (χ2v) is 1.87. The minimum Gasteiger partial charge on any atom is -0.349 e. The Morgan fingerprint density at radius 2 is 2.50 bits per heavy atom. The molecule has 0 unspecified atom stereocenters. The van der Waals surface area contributed by atoms with Gasteiger partial charge in [-0.2, -0.15) is 5.10 Å². The van der Waals surface area contributed by atoms with E-state index in [-0.39, 0.29) is 0 Å². The number of aromatic nitrogens is 2. The summed E-state index contributed by atoms with van der Waals surface area (Å²) in [6, 6.07) is 4.57. The summed E-state index contributed by atoms with van der Waals surface area (Å²) < 4.78 is 1.72. The highest BCUT2D eigenvalue weighted by molar-refractivity contribution is 5.24. The highest BCUT2D eigenvalue weighted by Crippen LogP contribution is 1.88. The van der Waals surface area contributed by atoms with Crippen molar-refractivity contribution in [3.05, 3.63) is 18.0 Å². The van der Waals surface area contributed by atoms with Crippen molar-refractivity contribution in [1.82, 2.24) is 15.1 Å². The lowest BCUT2D eigenvalue weighted by molar-refractivity contribution is 0.763. The van der Waals surface area contributed by atoms with Crippen molar-refractivity contribution in [1.29, 1.82) is 0 Å². The predicted molar refractivity (Wildman–Crippen MR) is 39.1 cm³/mol. The molecule has 1 rings (SSSR count). The number of rotatable bonds is 0. The molecule has 0 bridgehead atoms. The lowest BCUT2D eigenvalue weighted by Gasteiger charge is -1.81. The SMILES string of the molecule is CNC#Cc1ccn(C)n1. The van der Waals surface area contributed by atoms with Gasteiger partial charge in [0.15, 0.2) is 0 Å². The Morgan fingerprint density at radius 3 is 3.00 bits per heavy atom. The zero-order valence-electron chi connectivity index (χ0n) is 6.05. The van der Waals surface area contributed by atoms with E-state index in [1.165, 1.54) is 0 Å². The smallest absolute Gasteiger partial charge is 0.137 e. The molecule has 0 fully saturated rings. The van der Waals surface area contributed by atoms with Gasteiger partial charge in [-0.15, -0.1) is 0 Å². The molecule has 10 heavy (non-hydrogen) atoms. The topological polar surface area (TPSA) is 29.9 Å². The van der Waals surface area contributed by atoms with Gasteiger partial charge in [0.25, 0.3) is 0 Å². The van der Waals surface area contributed by atoms with Crippen LogP contribution < -0.4 is 5.32 Å². The van der Waals surface area contributed by atoms with E-state index in [1.54, 1.807) is 11.7 Å². The van der Waals surface area contributed by atoms with Crippen LogP contribution in [-0.2, 0) is 7.05 Å². The molecule has 0 spiro atoms. The van der Waals surface area contributed by atoms with Gasteiger partial charge in [0, 0.05) is 26.3 Å². The van der Waals surface area contributed by atoms with Gasteiger partial charge in [0.2, 0.25) is 0 Å². The highest BCUT2D eigenvalue weighted by Gasteiger charge is 1.87. The lowest BCUT2D eigenvalue weighted by atomic mass is 10.5. The van der Waals surface area contributed by atoms with Gasteiger partial charge in [-0.3, -0.25) is 4.68 Å². The minimum atomic E-state index is 0.789. The van der Waals surface area contributed by atoms with E-state index in [9.17, 15) is 0 Å². The van der Waals surface area contributed by atoms with Crippen molar-refractivity contribution in [2.75, 3.05) is 7.05 Å². The summed E-state index contributed by atoms with van der Waals surface area (Å²) >= 11 is 0. The molecule has 0 saturated heterocycles. The Hall–Kier alpha value is -1.43. The summed E-state index contributed by atoms with van der Waals surface area (Å²) in [5.41, 5.74) is 0.789. The molecule has 1 aromatic heterocycles. The third-order valence-corrected chi connectivity index (χ3v) is 1.03. The highest BCUT2D eigenvalue weighted by atomic mass is 15.2. The van der Waals surface area contributed by atoms with Crippen LogP contribution in [0.3, 0.4) is 0 Å². The molecule has 0 radical (unpaired) electrons. The fraction of sp³-hybridized carbons (Fsp3) is 0.286. The summed E-state index contributed by atoms with van der Waals surface area (Å²) in [5, 5.41) is 6.77. The van der Waals surface area contributed by atoms with Crippen molar-refractivity contribution >= 4 is 0 Å². The summed E-state index contributed by atoms with van der Waals surface area (Å²) in [6.07, 6.45) is 1.86. The fourth-order valence-corrected chi connectivity index (χ4v) is 0.608. The molecule has 0 aliphatic heterocycles. The molecular formula is C7H9N3. The summed E-state index contributed by atoms with van der Waals surface area (Å²) in [7, 11) is 3.64. The summed E-state index contributed by atoms with van der Waals surface area (Å²) in [4.78, 5) is 0. The zero-order chi connectivity index (χ0) is 7.40. The number of nitrogens with zero attached hydrogens (tertiary/aromatic N) is 2. The molecule has 1 heterocycles.